The number of nitrogens with zero attached hydrogens (tertiary/aromatic N) is 2. The lowest BCUT2D eigenvalue weighted by atomic mass is 9.85. The Balaban J connectivity index is 1.23. The van der Waals surface area contributed by atoms with E-state index in [1.54, 1.807) is 12.1 Å². The van der Waals surface area contributed by atoms with Crippen LogP contribution >= 0.6 is 0 Å². The molecule has 3 aliphatic rings. The zero-order chi connectivity index (χ0) is 24.0. The number of carbonyl (C=O) groups excluding carboxylic acids is 1. The van der Waals surface area contributed by atoms with Crippen LogP contribution in [0.1, 0.15) is 64.0 Å². The Morgan fingerprint density at radius 1 is 1.09 bits per heavy atom. The van der Waals surface area contributed by atoms with E-state index in [1.165, 1.54) is 18.5 Å². The van der Waals surface area contributed by atoms with Crippen molar-refractivity contribution in [3.63, 3.8) is 0 Å². The topological polar surface area (TPSA) is 80.6 Å². The van der Waals surface area contributed by atoms with E-state index in [4.69, 9.17) is 4.74 Å². The highest BCUT2D eigenvalue weighted by Gasteiger charge is 2.36. The van der Waals surface area contributed by atoms with Crippen molar-refractivity contribution in [2.24, 2.45) is 18.9 Å². The third kappa shape index (κ3) is 4.64. The minimum Gasteiger partial charge on any atom is -0.377 e. The molecule has 186 valence electrons. The number of hydrogen-bond donors (Lipinski definition) is 1. The quantitative estimate of drug-likeness (QED) is 0.673. The summed E-state index contributed by atoms with van der Waals surface area (Å²) in [7, 11) is -1.59. The first kappa shape index (κ1) is 23.8. The van der Waals surface area contributed by atoms with Crippen LogP contribution in [-0.4, -0.2) is 55.6 Å². The van der Waals surface area contributed by atoms with E-state index in [0.717, 1.165) is 23.7 Å². The summed E-state index contributed by atoms with van der Waals surface area (Å²) in [6.07, 6.45) is 5.23. The molecular weight excluding hydrogens is 450 g/mol. The van der Waals surface area contributed by atoms with E-state index in [9.17, 15) is 13.2 Å². The first-order chi connectivity index (χ1) is 16.2. The maximum atomic E-state index is 13.2. The van der Waals surface area contributed by atoms with Crippen LogP contribution < -0.4 is 4.72 Å². The molecule has 2 aliphatic carbocycles. The molecule has 1 atom stereocenters. The maximum Gasteiger partial charge on any atom is 0.240 e. The number of benzene rings is 1. The van der Waals surface area contributed by atoms with Gasteiger partial charge in [0.25, 0.3) is 0 Å². The summed E-state index contributed by atoms with van der Waals surface area (Å²) in [6, 6.07) is 7.60. The van der Waals surface area contributed by atoms with Crippen molar-refractivity contribution in [2.45, 2.75) is 75.3 Å². The lowest BCUT2D eigenvalue weighted by molar-refractivity contribution is -0.147. The summed E-state index contributed by atoms with van der Waals surface area (Å²) < 4.78 is 37.0. The molecule has 0 unspecified atom stereocenters. The molecule has 2 saturated carbocycles. The zero-order valence-electron chi connectivity index (χ0n) is 20.5. The highest BCUT2D eigenvalue weighted by atomic mass is 32.2. The van der Waals surface area contributed by atoms with Gasteiger partial charge < -0.3 is 14.2 Å². The van der Waals surface area contributed by atoms with Crippen molar-refractivity contribution in [1.82, 2.24) is 14.2 Å². The molecule has 7 nitrogen and oxygen atoms in total. The highest BCUT2D eigenvalue weighted by Crippen LogP contribution is 2.42. The second kappa shape index (κ2) is 9.28. The molecule has 0 bridgehead atoms. The van der Waals surface area contributed by atoms with Gasteiger partial charge in [0.2, 0.25) is 15.9 Å². The van der Waals surface area contributed by atoms with E-state index < -0.39 is 10.0 Å². The van der Waals surface area contributed by atoms with E-state index in [0.29, 0.717) is 49.3 Å². The van der Waals surface area contributed by atoms with Gasteiger partial charge in [-0.05, 0) is 73.9 Å². The van der Waals surface area contributed by atoms with E-state index in [-0.39, 0.29) is 23.9 Å². The van der Waals surface area contributed by atoms with Crippen molar-refractivity contribution in [3.05, 3.63) is 30.0 Å². The average molecular weight is 488 g/mol. The van der Waals surface area contributed by atoms with E-state index >= 15 is 0 Å². The average Bonchev–Trinajstić information content (AvgIpc) is 3.62. The number of aromatic nitrogens is 1. The van der Waals surface area contributed by atoms with Crippen molar-refractivity contribution >= 4 is 26.8 Å². The molecule has 1 aromatic heterocycles. The van der Waals surface area contributed by atoms with Gasteiger partial charge in [0.05, 0.1) is 24.2 Å². The molecule has 1 N–H and O–H groups in total. The van der Waals surface area contributed by atoms with Gasteiger partial charge in [-0.25, -0.2) is 13.1 Å². The lowest BCUT2D eigenvalue weighted by Crippen LogP contribution is -2.53. The molecule has 0 radical (unpaired) electrons. The third-order valence-corrected chi connectivity index (χ3v) is 9.49. The summed E-state index contributed by atoms with van der Waals surface area (Å²) in [5.41, 5.74) is 2.25. The number of rotatable bonds is 6. The summed E-state index contributed by atoms with van der Waals surface area (Å²) in [5.74, 6) is 1.15. The number of nitrogens with one attached hydrogen (secondary N) is 1. The molecule has 2 aromatic rings. The van der Waals surface area contributed by atoms with Crippen LogP contribution in [0.5, 0.6) is 0 Å². The number of fused-ring (bicyclic) bond motifs is 1. The number of sulfonamides is 1. The Morgan fingerprint density at radius 2 is 1.82 bits per heavy atom. The van der Waals surface area contributed by atoms with Gasteiger partial charge in [0, 0.05) is 36.8 Å². The van der Waals surface area contributed by atoms with Gasteiger partial charge in [0.1, 0.15) is 0 Å². The Hall–Kier alpha value is -1.90. The van der Waals surface area contributed by atoms with Gasteiger partial charge in [-0.3, -0.25) is 4.79 Å². The van der Waals surface area contributed by atoms with E-state index in [1.807, 2.05) is 18.0 Å². The molecule has 1 aliphatic heterocycles. The highest BCUT2D eigenvalue weighted by molar-refractivity contribution is 7.89. The van der Waals surface area contributed by atoms with Gasteiger partial charge in [-0.2, -0.15) is 0 Å². The molecule has 0 spiro atoms. The number of aryl methyl sites for hydroxylation is 1. The van der Waals surface area contributed by atoms with Crippen LogP contribution in [0.15, 0.2) is 29.2 Å². The molecule has 5 rings (SSSR count). The first-order valence-corrected chi connectivity index (χ1v) is 14.2. The summed E-state index contributed by atoms with van der Waals surface area (Å²) in [4.78, 5) is 15.5. The summed E-state index contributed by atoms with van der Waals surface area (Å²) >= 11 is 0. The van der Waals surface area contributed by atoms with Crippen LogP contribution in [0.25, 0.3) is 10.9 Å². The van der Waals surface area contributed by atoms with Crippen LogP contribution in [0.2, 0.25) is 0 Å². The van der Waals surface area contributed by atoms with Crippen LogP contribution in [0, 0.1) is 11.8 Å². The van der Waals surface area contributed by atoms with Gasteiger partial charge in [-0.15, -0.1) is 0 Å². The molecule has 34 heavy (non-hydrogen) atoms. The van der Waals surface area contributed by atoms with Gasteiger partial charge in [0.15, 0.2) is 0 Å². The fourth-order valence-electron chi connectivity index (χ4n) is 5.70. The molecular formula is C26H37N3O4S. The standard InChI is InChI=1S/C26H37N3O4S/c1-17(2)25-16-33-13-12-29(25)26(30)19-6-9-21(10-7-19)27-34(31,32)22-11-8-20-14-23(18-4-5-18)28(3)24(20)15-22/h8,11,14-15,17-19,21,25,27H,4-7,9-10,12-13,16H2,1-3H3/t19-,21-,25-/m1/s1. The van der Waals surface area contributed by atoms with Crippen molar-refractivity contribution < 1.29 is 17.9 Å². The third-order valence-electron chi connectivity index (χ3n) is 7.98. The lowest BCUT2D eigenvalue weighted by Gasteiger charge is -2.41. The fraction of sp³-hybridized carbons (Fsp3) is 0.654. The minimum atomic E-state index is -3.62. The van der Waals surface area contributed by atoms with Crippen molar-refractivity contribution in [2.75, 3.05) is 19.8 Å². The SMILES string of the molecule is CC(C)[C@H]1COCCN1C(=O)[C@H]1CC[C@H](NS(=O)(=O)c2ccc3cc(C4CC4)n(C)c3c2)CC1. The Labute approximate surface area is 202 Å². The Kier molecular flexibility index (Phi) is 6.50. The predicted molar refractivity (Wildman–Crippen MR) is 132 cm³/mol. The monoisotopic (exact) mass is 487 g/mol. The van der Waals surface area contributed by atoms with Crippen LogP contribution in [-0.2, 0) is 26.6 Å². The van der Waals surface area contributed by atoms with Crippen LogP contribution in [0.4, 0.5) is 0 Å². The Morgan fingerprint density at radius 3 is 2.50 bits per heavy atom. The molecule has 2 heterocycles. The molecule has 1 saturated heterocycles. The zero-order valence-corrected chi connectivity index (χ0v) is 21.3. The number of amides is 1. The maximum absolute atomic E-state index is 13.2. The van der Waals surface area contributed by atoms with E-state index in [2.05, 4.69) is 29.2 Å². The van der Waals surface area contributed by atoms with Gasteiger partial charge >= 0.3 is 0 Å². The van der Waals surface area contributed by atoms with Crippen molar-refractivity contribution in [1.29, 1.82) is 0 Å². The molecule has 8 heteroatoms. The number of morpholine rings is 1. The fourth-order valence-corrected chi connectivity index (χ4v) is 7.02. The van der Waals surface area contributed by atoms with Crippen LogP contribution in [0.3, 0.4) is 0 Å². The number of ether oxygens (including phenoxy) is 1. The summed E-state index contributed by atoms with van der Waals surface area (Å²) in [5, 5.41) is 1.09. The molecule has 1 aromatic carbocycles. The van der Waals surface area contributed by atoms with Gasteiger partial charge in [-0.1, -0.05) is 19.9 Å². The molecule has 1 amide bonds. The second-order valence-electron chi connectivity index (χ2n) is 10.7. The minimum absolute atomic E-state index is 0.0272. The smallest absolute Gasteiger partial charge is 0.240 e. The van der Waals surface area contributed by atoms with Crippen molar-refractivity contribution in [3.8, 4) is 0 Å². The first-order valence-electron chi connectivity index (χ1n) is 12.7. The normalized spacial score (nSPS) is 26.4. The number of carbonyl (C=O) groups is 1. The molecule has 3 fully saturated rings. The predicted octanol–water partition coefficient (Wildman–Crippen LogP) is 3.78. The Bertz CT molecular complexity index is 1160. The summed E-state index contributed by atoms with van der Waals surface area (Å²) in [6.45, 7) is 6.11. The largest absolute Gasteiger partial charge is 0.377 e. The number of hydrogen-bond acceptors (Lipinski definition) is 4. The second-order valence-corrected chi connectivity index (χ2v) is 12.4.